The molecule has 0 bridgehead atoms. The molecule has 1 rings (SSSR count). The van der Waals surface area contributed by atoms with Gasteiger partial charge < -0.3 is 15.4 Å². The Bertz CT molecular complexity index is 573. The molecular weight excluding hydrogens is 242 g/mol. The third-order valence-corrected chi connectivity index (χ3v) is 2.56. The third-order valence-electron chi connectivity index (χ3n) is 2.56. The van der Waals surface area contributed by atoms with Gasteiger partial charge in [0, 0.05) is 12.2 Å². The molecule has 0 saturated heterocycles. The highest BCUT2D eigenvalue weighted by Crippen LogP contribution is 2.02. The number of amides is 1. The van der Waals surface area contributed by atoms with Crippen LogP contribution in [0.3, 0.4) is 0 Å². The van der Waals surface area contributed by atoms with E-state index in [1.807, 2.05) is 4.98 Å². The summed E-state index contributed by atoms with van der Waals surface area (Å²) >= 11 is 0. The van der Waals surface area contributed by atoms with Gasteiger partial charge in [-0.2, -0.15) is 0 Å². The number of aromatic nitrogens is 2. The Morgan fingerprint density at radius 2 is 1.94 bits per heavy atom. The number of hydrogen-bond acceptors (Lipinski definition) is 4. The molecule has 0 aliphatic heterocycles. The quantitative estimate of drug-likeness (QED) is 0.542. The maximum atomic E-state index is 11.7. The van der Waals surface area contributed by atoms with E-state index in [0.717, 1.165) is 6.20 Å². The lowest BCUT2D eigenvalue weighted by Gasteiger charge is -2.17. The molecule has 0 aromatic carbocycles. The largest absolute Gasteiger partial charge is 0.481 e. The fourth-order valence-corrected chi connectivity index (χ4v) is 1.20. The predicted molar refractivity (Wildman–Crippen MR) is 61.4 cm³/mol. The van der Waals surface area contributed by atoms with Crippen LogP contribution in [0, 0.1) is 5.92 Å². The van der Waals surface area contributed by atoms with E-state index in [1.54, 1.807) is 0 Å². The molecule has 2 unspecified atom stereocenters. The van der Waals surface area contributed by atoms with Gasteiger partial charge in [-0.25, -0.2) is 4.79 Å². The van der Waals surface area contributed by atoms with Crippen molar-refractivity contribution in [3.05, 3.63) is 32.6 Å². The molecule has 1 heterocycles. The van der Waals surface area contributed by atoms with Crippen molar-refractivity contribution in [1.82, 2.24) is 15.3 Å². The molecule has 1 aromatic rings. The van der Waals surface area contributed by atoms with Crippen molar-refractivity contribution in [2.75, 3.05) is 0 Å². The minimum absolute atomic E-state index is 0.279. The summed E-state index contributed by atoms with van der Waals surface area (Å²) in [6, 6.07) is -0.652. The number of aromatic amines is 2. The Kier molecular flexibility index (Phi) is 4.03. The van der Waals surface area contributed by atoms with Gasteiger partial charge in [0.1, 0.15) is 5.56 Å². The molecule has 98 valence electrons. The van der Waals surface area contributed by atoms with Crippen LogP contribution in [-0.2, 0) is 4.79 Å². The second-order valence-corrected chi connectivity index (χ2v) is 3.87. The zero-order valence-corrected chi connectivity index (χ0v) is 9.81. The number of aliphatic carboxylic acids is 1. The van der Waals surface area contributed by atoms with Crippen molar-refractivity contribution in [3.8, 4) is 0 Å². The molecule has 0 aliphatic carbocycles. The van der Waals surface area contributed by atoms with E-state index in [4.69, 9.17) is 5.11 Å². The Balaban J connectivity index is 2.86. The van der Waals surface area contributed by atoms with Crippen LogP contribution in [0.5, 0.6) is 0 Å². The summed E-state index contributed by atoms with van der Waals surface area (Å²) in [5.74, 6) is -2.60. The van der Waals surface area contributed by atoms with Gasteiger partial charge in [-0.05, 0) is 13.8 Å². The molecule has 0 radical (unpaired) electrons. The van der Waals surface area contributed by atoms with Crippen LogP contribution >= 0.6 is 0 Å². The number of rotatable bonds is 4. The van der Waals surface area contributed by atoms with Crippen LogP contribution in [0.15, 0.2) is 15.8 Å². The maximum absolute atomic E-state index is 11.7. The highest BCUT2D eigenvalue weighted by molar-refractivity contribution is 5.93. The van der Waals surface area contributed by atoms with E-state index in [9.17, 15) is 19.2 Å². The number of hydrogen-bond donors (Lipinski definition) is 4. The Hall–Kier alpha value is -2.38. The van der Waals surface area contributed by atoms with Gasteiger partial charge in [0.25, 0.3) is 11.5 Å². The standard InChI is InChI=1S/C10H13N3O5/c1-4(9(16)17)5(2)12-7(14)6-3-11-10(18)13-8(6)15/h3-5H,1-2H3,(H,12,14)(H,16,17)(H2,11,13,15,18). The minimum Gasteiger partial charge on any atom is -0.481 e. The fourth-order valence-electron chi connectivity index (χ4n) is 1.20. The number of carboxylic acids is 1. The molecule has 0 spiro atoms. The van der Waals surface area contributed by atoms with Gasteiger partial charge in [-0.15, -0.1) is 0 Å². The van der Waals surface area contributed by atoms with Crippen molar-refractivity contribution in [1.29, 1.82) is 0 Å². The summed E-state index contributed by atoms with van der Waals surface area (Å²) in [6.45, 7) is 2.95. The van der Waals surface area contributed by atoms with E-state index in [1.165, 1.54) is 13.8 Å². The molecule has 1 amide bonds. The zero-order chi connectivity index (χ0) is 13.9. The van der Waals surface area contributed by atoms with E-state index < -0.39 is 35.1 Å². The number of H-pyrrole nitrogens is 2. The number of carbonyl (C=O) groups is 2. The SMILES string of the molecule is CC(NC(=O)c1c[nH]c(=O)[nH]c1=O)C(C)C(=O)O. The van der Waals surface area contributed by atoms with Crippen LogP contribution in [0.25, 0.3) is 0 Å². The van der Waals surface area contributed by atoms with Crippen LogP contribution in [-0.4, -0.2) is 33.0 Å². The first-order valence-corrected chi connectivity index (χ1v) is 5.18. The first-order chi connectivity index (χ1) is 8.32. The molecule has 8 nitrogen and oxygen atoms in total. The van der Waals surface area contributed by atoms with Crippen LogP contribution in [0.4, 0.5) is 0 Å². The summed E-state index contributed by atoms with van der Waals surface area (Å²) < 4.78 is 0. The zero-order valence-electron chi connectivity index (χ0n) is 9.81. The Morgan fingerprint density at radius 1 is 1.33 bits per heavy atom. The first kappa shape index (κ1) is 13.7. The second-order valence-electron chi connectivity index (χ2n) is 3.87. The van der Waals surface area contributed by atoms with Crippen LogP contribution in [0.1, 0.15) is 24.2 Å². The van der Waals surface area contributed by atoms with Gasteiger partial charge in [0.05, 0.1) is 5.92 Å². The highest BCUT2D eigenvalue weighted by Gasteiger charge is 2.22. The third kappa shape index (κ3) is 3.06. The second kappa shape index (κ2) is 5.30. The maximum Gasteiger partial charge on any atom is 0.325 e. The van der Waals surface area contributed by atoms with E-state index in [-0.39, 0.29) is 5.56 Å². The molecule has 1 aromatic heterocycles. The number of carbonyl (C=O) groups excluding carboxylic acids is 1. The van der Waals surface area contributed by atoms with Crippen LogP contribution < -0.4 is 16.6 Å². The van der Waals surface area contributed by atoms with Crippen molar-refractivity contribution >= 4 is 11.9 Å². The summed E-state index contributed by atoms with van der Waals surface area (Å²) in [5.41, 5.74) is -1.83. The molecular formula is C10H13N3O5. The molecule has 0 aliphatic rings. The summed E-state index contributed by atoms with van der Waals surface area (Å²) in [6.07, 6.45) is 0.981. The summed E-state index contributed by atoms with van der Waals surface area (Å²) in [5, 5.41) is 11.1. The predicted octanol–water partition coefficient (Wildman–Crippen LogP) is -1.10. The molecule has 18 heavy (non-hydrogen) atoms. The summed E-state index contributed by atoms with van der Waals surface area (Å²) in [4.78, 5) is 48.5. The average Bonchev–Trinajstić information content (AvgIpc) is 2.27. The molecule has 2 atom stereocenters. The van der Waals surface area contributed by atoms with Gasteiger partial charge in [0.2, 0.25) is 0 Å². The Morgan fingerprint density at radius 3 is 2.44 bits per heavy atom. The molecule has 8 heteroatoms. The van der Waals surface area contributed by atoms with Gasteiger partial charge >= 0.3 is 11.7 Å². The normalized spacial score (nSPS) is 13.7. The van der Waals surface area contributed by atoms with E-state index in [2.05, 4.69) is 10.3 Å². The fraction of sp³-hybridized carbons (Fsp3) is 0.400. The van der Waals surface area contributed by atoms with Crippen LogP contribution in [0.2, 0.25) is 0 Å². The lowest BCUT2D eigenvalue weighted by atomic mass is 10.0. The molecule has 0 saturated carbocycles. The van der Waals surface area contributed by atoms with Crippen molar-refractivity contribution < 1.29 is 14.7 Å². The monoisotopic (exact) mass is 255 g/mol. The van der Waals surface area contributed by atoms with Gasteiger partial charge in [-0.1, -0.05) is 0 Å². The number of nitrogens with one attached hydrogen (secondary N) is 3. The van der Waals surface area contributed by atoms with E-state index in [0.29, 0.717) is 0 Å². The van der Waals surface area contributed by atoms with E-state index >= 15 is 0 Å². The average molecular weight is 255 g/mol. The van der Waals surface area contributed by atoms with Crippen molar-refractivity contribution in [2.24, 2.45) is 5.92 Å². The topological polar surface area (TPSA) is 132 Å². The Labute approximate surface area is 101 Å². The smallest absolute Gasteiger partial charge is 0.325 e. The minimum atomic E-state index is -1.06. The van der Waals surface area contributed by atoms with Gasteiger partial charge in [0.15, 0.2) is 0 Å². The lowest BCUT2D eigenvalue weighted by molar-refractivity contribution is -0.141. The first-order valence-electron chi connectivity index (χ1n) is 5.18. The lowest BCUT2D eigenvalue weighted by Crippen LogP contribution is -2.42. The number of carboxylic acid groups (broad SMARTS) is 1. The van der Waals surface area contributed by atoms with Crippen molar-refractivity contribution in [2.45, 2.75) is 19.9 Å². The summed E-state index contributed by atoms with van der Waals surface area (Å²) in [7, 11) is 0. The van der Waals surface area contributed by atoms with Crippen molar-refractivity contribution in [3.63, 3.8) is 0 Å². The molecule has 0 fully saturated rings. The molecule has 4 N–H and O–H groups in total. The van der Waals surface area contributed by atoms with Gasteiger partial charge in [-0.3, -0.25) is 19.4 Å². The highest BCUT2D eigenvalue weighted by atomic mass is 16.4.